The Kier molecular flexibility index (Phi) is 6.37. The van der Waals surface area contributed by atoms with Crippen molar-refractivity contribution in [2.75, 3.05) is 5.32 Å². The SMILES string of the molecule is C[C@H](OC(=O)[C@@H](C)Oc1ccccc1)C(=O)Nc1ccc(Br)cc1. The van der Waals surface area contributed by atoms with E-state index in [1.807, 2.05) is 30.3 Å². The highest BCUT2D eigenvalue weighted by molar-refractivity contribution is 9.10. The number of anilines is 1. The zero-order chi connectivity index (χ0) is 17.5. The predicted molar refractivity (Wildman–Crippen MR) is 94.9 cm³/mol. The molecule has 0 fully saturated rings. The Bertz CT molecular complexity index is 688. The molecule has 0 saturated carbocycles. The van der Waals surface area contributed by atoms with Crippen molar-refractivity contribution in [1.82, 2.24) is 0 Å². The zero-order valence-corrected chi connectivity index (χ0v) is 14.9. The van der Waals surface area contributed by atoms with Gasteiger partial charge in [-0.1, -0.05) is 34.1 Å². The van der Waals surface area contributed by atoms with Crippen molar-refractivity contribution in [2.45, 2.75) is 26.1 Å². The van der Waals surface area contributed by atoms with E-state index >= 15 is 0 Å². The number of rotatable bonds is 6. The molecular formula is C18H18BrNO4. The lowest BCUT2D eigenvalue weighted by atomic mass is 10.3. The van der Waals surface area contributed by atoms with Crippen molar-refractivity contribution >= 4 is 33.5 Å². The third-order valence-corrected chi connectivity index (χ3v) is 3.69. The molecule has 24 heavy (non-hydrogen) atoms. The number of halogens is 1. The summed E-state index contributed by atoms with van der Waals surface area (Å²) in [5.74, 6) is -0.441. The fraction of sp³-hybridized carbons (Fsp3) is 0.222. The van der Waals surface area contributed by atoms with Gasteiger partial charge in [-0.2, -0.15) is 0 Å². The van der Waals surface area contributed by atoms with Crippen molar-refractivity contribution < 1.29 is 19.1 Å². The molecule has 0 aromatic heterocycles. The molecular weight excluding hydrogens is 374 g/mol. The van der Waals surface area contributed by atoms with E-state index in [4.69, 9.17) is 9.47 Å². The fourth-order valence-corrected chi connectivity index (χ4v) is 2.12. The highest BCUT2D eigenvalue weighted by Gasteiger charge is 2.23. The molecule has 6 heteroatoms. The average Bonchev–Trinajstić information content (AvgIpc) is 2.57. The second-order valence-corrected chi connectivity index (χ2v) is 6.06. The Morgan fingerprint density at radius 2 is 1.58 bits per heavy atom. The van der Waals surface area contributed by atoms with Crippen molar-refractivity contribution in [3.05, 3.63) is 59.1 Å². The van der Waals surface area contributed by atoms with Crippen LogP contribution in [0.4, 0.5) is 5.69 Å². The number of hydrogen-bond donors (Lipinski definition) is 1. The minimum absolute atomic E-state index is 0.405. The van der Waals surface area contributed by atoms with E-state index in [2.05, 4.69) is 21.2 Å². The standard InChI is InChI=1S/C18H18BrNO4/c1-12(17(21)20-15-10-8-14(19)9-11-15)24-18(22)13(2)23-16-6-4-3-5-7-16/h3-13H,1-2H3,(H,20,21)/t12-,13+/m0/s1. The molecule has 1 N–H and O–H groups in total. The van der Waals surface area contributed by atoms with Gasteiger partial charge in [0.25, 0.3) is 5.91 Å². The molecule has 0 unspecified atom stereocenters. The van der Waals surface area contributed by atoms with Crippen LogP contribution in [0.2, 0.25) is 0 Å². The van der Waals surface area contributed by atoms with E-state index < -0.39 is 24.1 Å². The van der Waals surface area contributed by atoms with Gasteiger partial charge in [0.1, 0.15) is 5.75 Å². The number of esters is 1. The molecule has 126 valence electrons. The number of ether oxygens (including phenoxy) is 2. The van der Waals surface area contributed by atoms with E-state index in [1.54, 1.807) is 31.2 Å². The number of hydrogen-bond acceptors (Lipinski definition) is 4. The molecule has 0 saturated heterocycles. The number of benzene rings is 2. The number of nitrogens with one attached hydrogen (secondary N) is 1. The maximum absolute atomic E-state index is 12.1. The summed E-state index contributed by atoms with van der Waals surface area (Å²) in [5.41, 5.74) is 0.625. The molecule has 0 bridgehead atoms. The van der Waals surface area contributed by atoms with Crippen LogP contribution in [0.1, 0.15) is 13.8 Å². The lowest BCUT2D eigenvalue weighted by Gasteiger charge is -2.17. The van der Waals surface area contributed by atoms with Crippen LogP contribution in [0.5, 0.6) is 5.75 Å². The topological polar surface area (TPSA) is 64.6 Å². The van der Waals surface area contributed by atoms with Gasteiger partial charge >= 0.3 is 5.97 Å². The summed E-state index contributed by atoms with van der Waals surface area (Å²) >= 11 is 3.32. The van der Waals surface area contributed by atoms with Gasteiger partial charge in [0.15, 0.2) is 12.2 Å². The van der Waals surface area contributed by atoms with Crippen LogP contribution < -0.4 is 10.1 Å². The molecule has 2 aromatic carbocycles. The van der Waals surface area contributed by atoms with E-state index in [0.29, 0.717) is 11.4 Å². The molecule has 1 amide bonds. The van der Waals surface area contributed by atoms with Crippen molar-refractivity contribution in [1.29, 1.82) is 0 Å². The van der Waals surface area contributed by atoms with E-state index in [9.17, 15) is 9.59 Å². The minimum Gasteiger partial charge on any atom is -0.479 e. The summed E-state index contributed by atoms with van der Waals surface area (Å²) in [6.45, 7) is 3.09. The largest absolute Gasteiger partial charge is 0.479 e. The first-order chi connectivity index (χ1) is 11.5. The first-order valence-corrected chi connectivity index (χ1v) is 8.23. The Morgan fingerprint density at radius 1 is 0.958 bits per heavy atom. The van der Waals surface area contributed by atoms with Gasteiger partial charge < -0.3 is 14.8 Å². The van der Waals surface area contributed by atoms with Crippen LogP contribution in [0, 0.1) is 0 Å². The summed E-state index contributed by atoms with van der Waals surface area (Å²) in [7, 11) is 0. The van der Waals surface area contributed by atoms with Gasteiger partial charge in [-0.3, -0.25) is 4.79 Å². The quantitative estimate of drug-likeness (QED) is 0.760. The van der Waals surface area contributed by atoms with Crippen LogP contribution in [0.15, 0.2) is 59.1 Å². The van der Waals surface area contributed by atoms with Gasteiger partial charge in [0.05, 0.1) is 0 Å². The van der Waals surface area contributed by atoms with Crippen LogP contribution in [-0.2, 0) is 14.3 Å². The summed E-state index contributed by atoms with van der Waals surface area (Å²) in [5, 5.41) is 2.69. The van der Waals surface area contributed by atoms with Gasteiger partial charge in [-0.15, -0.1) is 0 Å². The first-order valence-electron chi connectivity index (χ1n) is 7.44. The van der Waals surface area contributed by atoms with E-state index in [1.165, 1.54) is 6.92 Å². The van der Waals surface area contributed by atoms with Crippen molar-refractivity contribution in [2.24, 2.45) is 0 Å². The summed E-state index contributed by atoms with van der Waals surface area (Å²) < 4.78 is 11.5. The summed E-state index contributed by atoms with van der Waals surface area (Å²) in [4.78, 5) is 24.1. The third-order valence-electron chi connectivity index (χ3n) is 3.16. The van der Waals surface area contributed by atoms with E-state index in [-0.39, 0.29) is 0 Å². The predicted octanol–water partition coefficient (Wildman–Crippen LogP) is 3.79. The zero-order valence-electron chi connectivity index (χ0n) is 13.4. The van der Waals surface area contributed by atoms with Gasteiger partial charge in [-0.05, 0) is 50.2 Å². The second kappa shape index (κ2) is 8.49. The number of carbonyl (C=O) groups is 2. The molecule has 2 rings (SSSR count). The summed E-state index contributed by atoms with van der Waals surface area (Å²) in [6, 6.07) is 16.1. The van der Waals surface area contributed by atoms with Crippen LogP contribution >= 0.6 is 15.9 Å². The first kappa shape index (κ1) is 18.0. The third kappa shape index (κ3) is 5.38. The lowest BCUT2D eigenvalue weighted by molar-refractivity contribution is -0.159. The molecule has 0 aliphatic rings. The Morgan fingerprint density at radius 3 is 2.21 bits per heavy atom. The molecule has 5 nitrogen and oxygen atoms in total. The lowest BCUT2D eigenvalue weighted by Crippen LogP contribution is -2.35. The number of para-hydroxylation sites is 1. The normalized spacial score (nSPS) is 12.8. The monoisotopic (exact) mass is 391 g/mol. The molecule has 0 spiro atoms. The van der Waals surface area contributed by atoms with Crippen LogP contribution in [-0.4, -0.2) is 24.1 Å². The van der Waals surface area contributed by atoms with Gasteiger partial charge in [-0.25, -0.2) is 4.79 Å². The second-order valence-electron chi connectivity index (χ2n) is 5.15. The molecule has 0 aliphatic heterocycles. The van der Waals surface area contributed by atoms with E-state index in [0.717, 1.165) is 4.47 Å². The van der Waals surface area contributed by atoms with Crippen molar-refractivity contribution in [3.8, 4) is 5.75 Å². The Hall–Kier alpha value is -2.34. The molecule has 0 aliphatic carbocycles. The van der Waals surface area contributed by atoms with Crippen molar-refractivity contribution in [3.63, 3.8) is 0 Å². The Labute approximate surface area is 149 Å². The summed E-state index contributed by atoms with van der Waals surface area (Å²) in [6.07, 6.45) is -1.74. The highest BCUT2D eigenvalue weighted by atomic mass is 79.9. The van der Waals surface area contributed by atoms with Gasteiger partial charge in [0, 0.05) is 10.2 Å². The average molecular weight is 392 g/mol. The van der Waals surface area contributed by atoms with Crippen LogP contribution in [0.25, 0.3) is 0 Å². The number of carbonyl (C=O) groups excluding carboxylic acids is 2. The van der Waals surface area contributed by atoms with Crippen LogP contribution in [0.3, 0.4) is 0 Å². The highest BCUT2D eigenvalue weighted by Crippen LogP contribution is 2.15. The Balaban J connectivity index is 1.85. The maximum atomic E-state index is 12.1. The maximum Gasteiger partial charge on any atom is 0.347 e. The molecule has 0 heterocycles. The molecule has 2 aromatic rings. The molecule has 0 radical (unpaired) electrons. The molecule has 2 atom stereocenters. The smallest absolute Gasteiger partial charge is 0.347 e. The fourth-order valence-electron chi connectivity index (χ4n) is 1.85. The van der Waals surface area contributed by atoms with Gasteiger partial charge in [0.2, 0.25) is 0 Å². The minimum atomic E-state index is -0.928. The number of amides is 1.